The van der Waals surface area contributed by atoms with E-state index >= 15 is 0 Å². The maximum atomic E-state index is 13.3. The van der Waals surface area contributed by atoms with Crippen molar-refractivity contribution in [2.45, 2.75) is 33.3 Å². The number of hydrogen-bond donors (Lipinski definition) is 0. The van der Waals surface area contributed by atoms with Crippen molar-refractivity contribution in [1.82, 2.24) is 9.66 Å². The second-order valence-corrected chi connectivity index (χ2v) is 10.6. The Morgan fingerprint density at radius 2 is 1.78 bits per heavy atom. The zero-order valence-corrected chi connectivity index (χ0v) is 23.9. The van der Waals surface area contributed by atoms with Crippen LogP contribution in [0.2, 0.25) is 5.02 Å². The molecule has 6 nitrogen and oxygen atoms in total. The van der Waals surface area contributed by atoms with Gasteiger partial charge in [0.15, 0.2) is 11.5 Å². The van der Waals surface area contributed by atoms with Crippen molar-refractivity contribution >= 4 is 60.6 Å². The van der Waals surface area contributed by atoms with Gasteiger partial charge in [0.2, 0.25) is 0 Å². The molecule has 1 heterocycles. The van der Waals surface area contributed by atoms with Crippen LogP contribution in [0.25, 0.3) is 10.9 Å². The van der Waals surface area contributed by atoms with Crippen molar-refractivity contribution in [3.63, 3.8) is 0 Å². The van der Waals surface area contributed by atoms with Crippen LogP contribution in [-0.4, -0.2) is 22.5 Å². The van der Waals surface area contributed by atoms with Gasteiger partial charge < -0.3 is 9.47 Å². The molecule has 3 aromatic carbocycles. The summed E-state index contributed by atoms with van der Waals surface area (Å²) in [5, 5.41) is 5.36. The Morgan fingerprint density at radius 1 is 1.06 bits per heavy atom. The van der Waals surface area contributed by atoms with Crippen LogP contribution in [0.15, 0.2) is 73.4 Å². The van der Waals surface area contributed by atoms with E-state index in [0.29, 0.717) is 52.0 Å². The molecule has 0 unspecified atom stereocenters. The predicted molar refractivity (Wildman–Crippen MR) is 152 cm³/mol. The summed E-state index contributed by atoms with van der Waals surface area (Å²) in [6.07, 6.45) is 1.58. The zero-order chi connectivity index (χ0) is 25.8. The van der Waals surface area contributed by atoms with E-state index in [0.717, 1.165) is 14.5 Å². The largest absolute Gasteiger partial charge is 0.490 e. The summed E-state index contributed by atoms with van der Waals surface area (Å²) in [4.78, 5) is 18.0. The maximum Gasteiger partial charge on any atom is 0.282 e. The SMILES string of the molecule is CCOc1cc(C=Nn2c(C(C)C)nc3ccc(Br)cc3c2=O)cc(Cl)c1OCc1ccc(Br)cc1. The van der Waals surface area contributed by atoms with Crippen molar-refractivity contribution in [1.29, 1.82) is 0 Å². The lowest BCUT2D eigenvalue weighted by molar-refractivity contribution is 0.269. The predicted octanol–water partition coefficient (Wildman–Crippen LogP) is 7.56. The van der Waals surface area contributed by atoms with Gasteiger partial charge in [-0.1, -0.05) is 69.4 Å². The van der Waals surface area contributed by atoms with E-state index in [1.165, 1.54) is 4.68 Å². The lowest BCUT2D eigenvalue weighted by Crippen LogP contribution is -2.23. The van der Waals surface area contributed by atoms with Crippen molar-refractivity contribution in [2.24, 2.45) is 5.10 Å². The Bertz CT molecular complexity index is 1480. The van der Waals surface area contributed by atoms with E-state index in [1.807, 2.05) is 57.2 Å². The third-order valence-electron chi connectivity index (χ3n) is 5.30. The normalized spacial score (nSPS) is 11.5. The van der Waals surface area contributed by atoms with E-state index in [9.17, 15) is 4.79 Å². The molecule has 0 bridgehead atoms. The monoisotopic (exact) mass is 631 g/mol. The van der Waals surface area contributed by atoms with E-state index in [1.54, 1.807) is 24.4 Å². The van der Waals surface area contributed by atoms with E-state index in [4.69, 9.17) is 21.1 Å². The highest BCUT2D eigenvalue weighted by Crippen LogP contribution is 2.37. The van der Waals surface area contributed by atoms with Gasteiger partial charge in [0.25, 0.3) is 5.56 Å². The van der Waals surface area contributed by atoms with Crippen LogP contribution < -0.4 is 15.0 Å². The maximum absolute atomic E-state index is 13.3. The minimum atomic E-state index is -0.244. The summed E-state index contributed by atoms with van der Waals surface area (Å²) in [5.41, 5.74) is 2.05. The van der Waals surface area contributed by atoms with Crippen LogP contribution in [0.1, 0.15) is 43.6 Å². The van der Waals surface area contributed by atoms with Crippen LogP contribution in [-0.2, 0) is 6.61 Å². The number of hydrogen-bond acceptors (Lipinski definition) is 5. The number of ether oxygens (including phenoxy) is 2. The highest BCUT2D eigenvalue weighted by molar-refractivity contribution is 9.10. The molecule has 1 aromatic heterocycles. The molecule has 0 amide bonds. The standard InChI is InChI=1S/C27H24Br2ClN3O3/c1-4-35-24-12-18(11-22(30)25(24)36-15-17-5-7-19(28)8-6-17)14-31-33-26(16(2)3)32-23-10-9-20(29)13-21(23)27(33)34/h5-14,16H,4,15H2,1-3H3. The molecule has 36 heavy (non-hydrogen) atoms. The van der Waals surface area contributed by atoms with E-state index < -0.39 is 0 Å². The quantitative estimate of drug-likeness (QED) is 0.188. The molecule has 9 heteroatoms. The molecule has 0 aliphatic heterocycles. The van der Waals surface area contributed by atoms with Crippen molar-refractivity contribution in [2.75, 3.05) is 6.61 Å². The minimum Gasteiger partial charge on any atom is -0.490 e. The molecular weight excluding hydrogens is 610 g/mol. The number of halogens is 3. The lowest BCUT2D eigenvalue weighted by Gasteiger charge is -2.15. The molecule has 0 atom stereocenters. The number of rotatable bonds is 8. The van der Waals surface area contributed by atoms with Crippen LogP contribution >= 0.6 is 43.5 Å². The number of nitrogens with zero attached hydrogens (tertiary/aromatic N) is 3. The van der Waals surface area contributed by atoms with Gasteiger partial charge in [-0.3, -0.25) is 4.79 Å². The second kappa shape index (κ2) is 11.6. The number of aromatic nitrogens is 2. The van der Waals surface area contributed by atoms with Gasteiger partial charge in [0.1, 0.15) is 12.4 Å². The van der Waals surface area contributed by atoms with E-state index in [-0.39, 0.29) is 11.5 Å². The van der Waals surface area contributed by atoms with Gasteiger partial charge in [-0.2, -0.15) is 9.78 Å². The summed E-state index contributed by atoms with van der Waals surface area (Å²) >= 11 is 13.5. The van der Waals surface area contributed by atoms with Gasteiger partial charge in [-0.15, -0.1) is 0 Å². The Balaban J connectivity index is 1.69. The molecule has 0 N–H and O–H groups in total. The zero-order valence-electron chi connectivity index (χ0n) is 20.0. The molecule has 0 saturated carbocycles. The van der Waals surface area contributed by atoms with Crippen molar-refractivity contribution in [3.8, 4) is 11.5 Å². The molecule has 0 radical (unpaired) electrons. The van der Waals surface area contributed by atoms with Gasteiger partial charge in [-0.25, -0.2) is 4.98 Å². The fraction of sp³-hybridized carbons (Fsp3) is 0.222. The highest BCUT2D eigenvalue weighted by atomic mass is 79.9. The summed E-state index contributed by atoms with van der Waals surface area (Å²) < 4.78 is 15.0. The molecule has 0 saturated heterocycles. The first-order valence-corrected chi connectivity index (χ1v) is 13.3. The Labute approximate surface area is 231 Å². The molecule has 4 aromatic rings. The van der Waals surface area contributed by atoms with Crippen LogP contribution in [0.5, 0.6) is 11.5 Å². The summed E-state index contributed by atoms with van der Waals surface area (Å²) in [7, 11) is 0. The first-order chi connectivity index (χ1) is 17.3. The average Bonchev–Trinajstić information content (AvgIpc) is 2.84. The van der Waals surface area contributed by atoms with Gasteiger partial charge >= 0.3 is 0 Å². The van der Waals surface area contributed by atoms with Gasteiger partial charge in [-0.05, 0) is 60.5 Å². The highest BCUT2D eigenvalue weighted by Gasteiger charge is 2.15. The second-order valence-electron chi connectivity index (χ2n) is 8.33. The first kappa shape index (κ1) is 26.4. The third kappa shape index (κ3) is 5.99. The van der Waals surface area contributed by atoms with Crippen molar-refractivity contribution in [3.05, 3.63) is 95.9 Å². The molecule has 0 aliphatic carbocycles. The molecule has 0 aliphatic rings. The van der Waals surface area contributed by atoms with Crippen LogP contribution in [0.4, 0.5) is 0 Å². The Hall–Kier alpha value is -2.68. The topological polar surface area (TPSA) is 65.7 Å². The lowest BCUT2D eigenvalue weighted by atomic mass is 10.2. The van der Waals surface area contributed by atoms with Gasteiger partial charge in [0, 0.05) is 14.9 Å². The third-order valence-corrected chi connectivity index (χ3v) is 6.60. The summed E-state index contributed by atoms with van der Waals surface area (Å²) in [6, 6.07) is 16.8. The smallest absolute Gasteiger partial charge is 0.282 e. The molecule has 0 fully saturated rings. The molecule has 186 valence electrons. The van der Waals surface area contributed by atoms with Gasteiger partial charge in [0.05, 0.1) is 28.7 Å². The first-order valence-electron chi connectivity index (χ1n) is 11.4. The number of benzene rings is 3. The Kier molecular flexibility index (Phi) is 8.49. The molecule has 0 spiro atoms. The molecular formula is C27H24Br2ClN3O3. The minimum absolute atomic E-state index is 0.0140. The van der Waals surface area contributed by atoms with Crippen LogP contribution in [0.3, 0.4) is 0 Å². The van der Waals surface area contributed by atoms with Crippen LogP contribution in [0, 0.1) is 0 Å². The summed E-state index contributed by atoms with van der Waals surface area (Å²) in [6.45, 7) is 6.61. The fourth-order valence-corrected chi connectivity index (χ4v) is 4.48. The fourth-order valence-electron chi connectivity index (χ4n) is 3.58. The van der Waals surface area contributed by atoms with E-state index in [2.05, 4.69) is 41.9 Å². The molecule has 4 rings (SSSR count). The Morgan fingerprint density at radius 3 is 2.47 bits per heavy atom. The number of fused-ring (bicyclic) bond motifs is 1. The summed E-state index contributed by atoms with van der Waals surface area (Å²) in [5.74, 6) is 1.51. The van der Waals surface area contributed by atoms with Crippen molar-refractivity contribution < 1.29 is 9.47 Å². The average molecular weight is 634 g/mol.